The first-order chi connectivity index (χ1) is 6.45. The molecule has 3 rings (SSSR count). The highest BCUT2D eigenvalue weighted by molar-refractivity contribution is 5.06. The number of hydroxylamine groups is 1. The summed E-state index contributed by atoms with van der Waals surface area (Å²) >= 11 is 0. The molecule has 1 aliphatic carbocycles. The number of rotatable bonds is 0. The van der Waals surface area contributed by atoms with Crippen LogP contribution in [-0.4, -0.2) is 18.6 Å². The van der Waals surface area contributed by atoms with Crippen LogP contribution >= 0.6 is 0 Å². The zero-order valence-electron chi connectivity index (χ0n) is 7.70. The van der Waals surface area contributed by atoms with E-state index in [1.165, 1.54) is 25.8 Å². The average molecular weight is 180 g/mol. The Morgan fingerprint density at radius 1 is 1.23 bits per heavy atom. The maximum atomic E-state index is 5.13. The summed E-state index contributed by atoms with van der Waals surface area (Å²) in [6.45, 7) is 1.20. The van der Waals surface area contributed by atoms with E-state index < -0.39 is 0 Å². The summed E-state index contributed by atoms with van der Waals surface area (Å²) < 4.78 is 0. The summed E-state index contributed by atoms with van der Waals surface area (Å²) in [4.78, 5) is 5.13. The van der Waals surface area contributed by atoms with Crippen LogP contribution in [0.15, 0.2) is 12.3 Å². The molecule has 3 aliphatic rings. The van der Waals surface area contributed by atoms with Crippen LogP contribution in [0.25, 0.3) is 0 Å². The molecule has 2 aliphatic heterocycles. The second-order valence-electron chi connectivity index (χ2n) is 4.35. The molecule has 1 saturated heterocycles. The smallest absolute Gasteiger partial charge is 0.107 e. The summed E-state index contributed by atoms with van der Waals surface area (Å²) in [6.07, 6.45) is 7.99. The van der Waals surface area contributed by atoms with Crippen molar-refractivity contribution in [3.05, 3.63) is 12.3 Å². The van der Waals surface area contributed by atoms with Gasteiger partial charge in [0.05, 0.1) is 6.04 Å². The molecule has 0 aromatic rings. The van der Waals surface area contributed by atoms with Crippen LogP contribution in [0.1, 0.15) is 19.3 Å². The van der Waals surface area contributed by atoms with E-state index in [1.807, 2.05) is 0 Å². The molecule has 2 fully saturated rings. The third-order valence-corrected chi connectivity index (χ3v) is 3.72. The predicted octanol–water partition coefficient (Wildman–Crippen LogP) is 0.792. The SMILES string of the molecule is C1=CC2C(CCC3CCNC32)NO1. The lowest BCUT2D eigenvalue weighted by Crippen LogP contribution is -2.51. The van der Waals surface area contributed by atoms with Gasteiger partial charge in [0.2, 0.25) is 0 Å². The van der Waals surface area contributed by atoms with Crippen molar-refractivity contribution in [2.24, 2.45) is 11.8 Å². The zero-order valence-corrected chi connectivity index (χ0v) is 7.70. The highest BCUT2D eigenvalue weighted by atomic mass is 16.6. The molecule has 13 heavy (non-hydrogen) atoms. The Bertz CT molecular complexity index is 229. The third-order valence-electron chi connectivity index (χ3n) is 3.72. The quantitative estimate of drug-likeness (QED) is 0.578. The van der Waals surface area contributed by atoms with Crippen LogP contribution in [-0.2, 0) is 4.84 Å². The van der Waals surface area contributed by atoms with Crippen LogP contribution in [0.3, 0.4) is 0 Å². The van der Waals surface area contributed by atoms with Gasteiger partial charge in [-0.3, -0.25) is 0 Å². The lowest BCUT2D eigenvalue weighted by molar-refractivity contribution is 0.0312. The van der Waals surface area contributed by atoms with Crippen LogP contribution in [0.2, 0.25) is 0 Å². The molecular formula is C10H16N2O. The van der Waals surface area contributed by atoms with Crippen molar-refractivity contribution in [2.45, 2.75) is 31.3 Å². The van der Waals surface area contributed by atoms with Crippen LogP contribution in [0, 0.1) is 11.8 Å². The summed E-state index contributed by atoms with van der Waals surface area (Å²) in [7, 11) is 0. The number of hydrogen-bond acceptors (Lipinski definition) is 3. The van der Waals surface area contributed by atoms with E-state index in [0.717, 1.165) is 5.92 Å². The van der Waals surface area contributed by atoms with Gasteiger partial charge in [-0.05, 0) is 37.8 Å². The van der Waals surface area contributed by atoms with Crippen LogP contribution in [0.4, 0.5) is 0 Å². The molecule has 3 heteroatoms. The van der Waals surface area contributed by atoms with Gasteiger partial charge in [-0.2, -0.15) is 5.48 Å². The van der Waals surface area contributed by atoms with Crippen LogP contribution < -0.4 is 10.8 Å². The molecule has 0 bridgehead atoms. The van der Waals surface area contributed by atoms with E-state index in [1.54, 1.807) is 6.26 Å². The van der Waals surface area contributed by atoms with E-state index in [-0.39, 0.29) is 0 Å². The predicted molar refractivity (Wildman–Crippen MR) is 49.8 cm³/mol. The molecule has 2 N–H and O–H groups in total. The minimum Gasteiger partial charge on any atom is -0.417 e. The molecule has 0 radical (unpaired) electrons. The molecule has 4 unspecified atom stereocenters. The Morgan fingerprint density at radius 2 is 2.23 bits per heavy atom. The highest BCUT2D eigenvalue weighted by Gasteiger charge is 2.41. The Labute approximate surface area is 78.5 Å². The van der Waals surface area contributed by atoms with Gasteiger partial charge in [-0.15, -0.1) is 0 Å². The lowest BCUT2D eigenvalue weighted by atomic mass is 9.74. The van der Waals surface area contributed by atoms with Gasteiger partial charge in [0, 0.05) is 12.0 Å². The van der Waals surface area contributed by atoms with Gasteiger partial charge >= 0.3 is 0 Å². The topological polar surface area (TPSA) is 33.3 Å². The fourth-order valence-electron chi connectivity index (χ4n) is 3.04. The first-order valence-corrected chi connectivity index (χ1v) is 5.26. The number of fused-ring (bicyclic) bond motifs is 3. The van der Waals surface area contributed by atoms with E-state index in [2.05, 4.69) is 16.9 Å². The van der Waals surface area contributed by atoms with Crippen molar-refractivity contribution in [2.75, 3.05) is 6.54 Å². The fourth-order valence-corrected chi connectivity index (χ4v) is 3.04. The van der Waals surface area contributed by atoms with Crippen LogP contribution in [0.5, 0.6) is 0 Å². The molecule has 2 heterocycles. The summed E-state index contributed by atoms with van der Waals surface area (Å²) in [6, 6.07) is 1.24. The standard InChI is InChI=1S/C10H16N2O/c1-2-9-8(4-6-13-12-9)10-7(1)3-5-11-10/h4,6-12H,1-3,5H2. The molecule has 0 aromatic carbocycles. The molecule has 3 nitrogen and oxygen atoms in total. The summed E-state index contributed by atoms with van der Waals surface area (Å²) in [5, 5.41) is 3.61. The second-order valence-corrected chi connectivity index (χ2v) is 4.35. The minimum absolute atomic E-state index is 0.539. The molecule has 1 saturated carbocycles. The Balaban J connectivity index is 1.84. The maximum absolute atomic E-state index is 5.13. The number of nitrogens with one attached hydrogen (secondary N) is 2. The van der Waals surface area contributed by atoms with Gasteiger partial charge in [-0.1, -0.05) is 0 Å². The zero-order chi connectivity index (χ0) is 8.67. The molecule has 4 atom stereocenters. The van der Waals surface area contributed by atoms with Gasteiger partial charge < -0.3 is 10.2 Å². The molecular weight excluding hydrogens is 164 g/mol. The van der Waals surface area contributed by atoms with E-state index in [4.69, 9.17) is 4.84 Å². The maximum Gasteiger partial charge on any atom is 0.107 e. The van der Waals surface area contributed by atoms with Gasteiger partial charge in [0.15, 0.2) is 0 Å². The monoisotopic (exact) mass is 180 g/mol. The van der Waals surface area contributed by atoms with Crippen molar-refractivity contribution in [1.82, 2.24) is 10.8 Å². The summed E-state index contributed by atoms with van der Waals surface area (Å²) in [5.74, 6) is 1.56. The highest BCUT2D eigenvalue weighted by Crippen LogP contribution is 2.36. The van der Waals surface area contributed by atoms with Gasteiger partial charge in [0.1, 0.15) is 6.26 Å². The second kappa shape index (κ2) is 3.00. The van der Waals surface area contributed by atoms with Crippen molar-refractivity contribution in [3.8, 4) is 0 Å². The Hall–Kier alpha value is -0.540. The molecule has 72 valence electrons. The summed E-state index contributed by atoms with van der Waals surface area (Å²) in [5.41, 5.74) is 3.11. The van der Waals surface area contributed by atoms with Crippen molar-refractivity contribution in [3.63, 3.8) is 0 Å². The Kier molecular flexibility index (Phi) is 1.80. The Morgan fingerprint density at radius 3 is 3.23 bits per heavy atom. The third kappa shape index (κ3) is 1.18. The first kappa shape index (κ1) is 7.83. The van der Waals surface area contributed by atoms with E-state index in [0.29, 0.717) is 18.0 Å². The lowest BCUT2D eigenvalue weighted by Gasteiger charge is -2.39. The minimum atomic E-state index is 0.539. The average Bonchev–Trinajstić information content (AvgIpc) is 2.65. The van der Waals surface area contributed by atoms with E-state index in [9.17, 15) is 0 Å². The largest absolute Gasteiger partial charge is 0.417 e. The molecule has 0 amide bonds. The fraction of sp³-hybridized carbons (Fsp3) is 0.800. The normalized spacial score (nSPS) is 48.0. The van der Waals surface area contributed by atoms with Gasteiger partial charge in [0.25, 0.3) is 0 Å². The number of hydrogen-bond donors (Lipinski definition) is 2. The van der Waals surface area contributed by atoms with E-state index >= 15 is 0 Å². The molecule has 0 aromatic heterocycles. The van der Waals surface area contributed by atoms with Crippen molar-refractivity contribution < 1.29 is 4.84 Å². The molecule has 0 spiro atoms. The van der Waals surface area contributed by atoms with Gasteiger partial charge in [-0.25, -0.2) is 0 Å². The first-order valence-electron chi connectivity index (χ1n) is 5.26. The van der Waals surface area contributed by atoms with Crippen molar-refractivity contribution >= 4 is 0 Å². The van der Waals surface area contributed by atoms with Crippen molar-refractivity contribution in [1.29, 1.82) is 0 Å².